The molecule has 2 fully saturated rings. The predicted octanol–water partition coefficient (Wildman–Crippen LogP) is 6.03. The maximum Gasteiger partial charge on any atom is 0.249 e. The van der Waals surface area contributed by atoms with E-state index in [1.165, 1.54) is 27.6 Å². The van der Waals surface area contributed by atoms with E-state index in [-0.39, 0.29) is 65.6 Å². The van der Waals surface area contributed by atoms with Crippen LogP contribution in [0.2, 0.25) is 0 Å². The second-order valence-corrected chi connectivity index (χ2v) is 23.1. The van der Waals surface area contributed by atoms with Crippen LogP contribution in [0.3, 0.4) is 0 Å². The van der Waals surface area contributed by atoms with Crippen molar-refractivity contribution >= 4 is 74.0 Å². The molecule has 9 atom stereocenters. The van der Waals surface area contributed by atoms with Crippen LogP contribution >= 0.6 is 27.7 Å². The molecule has 3 aliphatic rings. The van der Waals surface area contributed by atoms with Gasteiger partial charge in [-0.2, -0.15) is 0 Å². The average molecular weight is 1040 g/mol. The van der Waals surface area contributed by atoms with Gasteiger partial charge < -0.3 is 35.3 Å². The van der Waals surface area contributed by atoms with Crippen molar-refractivity contribution in [1.82, 2.24) is 30.2 Å². The first kappa shape index (κ1) is 55.2. The Morgan fingerprint density at radius 2 is 1.43 bits per heavy atom. The number of carbonyl (C=O) groups excluding carboxylic acids is 7. The van der Waals surface area contributed by atoms with Crippen LogP contribution in [-0.2, 0) is 46.4 Å². The van der Waals surface area contributed by atoms with Crippen molar-refractivity contribution in [3.8, 4) is 5.75 Å². The lowest BCUT2D eigenvalue weighted by Gasteiger charge is -2.36. The minimum Gasteiger partial charge on any atom is -0.507 e. The summed E-state index contributed by atoms with van der Waals surface area (Å²) >= 11 is 4.77. The monoisotopic (exact) mass is 1040 g/mol. The van der Waals surface area contributed by atoms with E-state index >= 15 is 0 Å². The number of halogens is 1. The van der Waals surface area contributed by atoms with Crippen LogP contribution < -0.4 is 10.6 Å². The number of aliphatic imine (C=N–C) groups is 1. The van der Waals surface area contributed by atoms with Gasteiger partial charge in [-0.3, -0.25) is 38.6 Å². The van der Waals surface area contributed by atoms with Gasteiger partial charge in [-0.05, 0) is 90.1 Å². The van der Waals surface area contributed by atoms with Gasteiger partial charge >= 0.3 is 0 Å². The first-order valence-electron chi connectivity index (χ1n) is 24.3. The van der Waals surface area contributed by atoms with Crippen molar-refractivity contribution in [3.63, 3.8) is 0 Å². The van der Waals surface area contributed by atoms with Crippen LogP contribution in [0.1, 0.15) is 106 Å². The van der Waals surface area contributed by atoms with E-state index in [1.807, 2.05) is 58.0 Å². The van der Waals surface area contributed by atoms with E-state index in [2.05, 4.69) is 26.6 Å². The van der Waals surface area contributed by atoms with Crippen LogP contribution in [-0.4, -0.2) is 146 Å². The van der Waals surface area contributed by atoms with Crippen LogP contribution in [0.5, 0.6) is 5.75 Å². The van der Waals surface area contributed by atoms with Gasteiger partial charge in [0.1, 0.15) is 35.5 Å². The smallest absolute Gasteiger partial charge is 0.249 e. The summed E-state index contributed by atoms with van der Waals surface area (Å²) in [5.41, 5.74) is -0.503. The van der Waals surface area contributed by atoms with Gasteiger partial charge in [-0.25, -0.2) is 0 Å². The number of carbonyl (C=O) groups is 7. The van der Waals surface area contributed by atoms with Crippen LogP contribution in [0.25, 0.3) is 0 Å². The van der Waals surface area contributed by atoms with Crippen LogP contribution in [0.4, 0.5) is 0 Å². The van der Waals surface area contributed by atoms with Crippen LogP contribution in [0, 0.1) is 23.2 Å². The van der Waals surface area contributed by atoms with E-state index in [4.69, 9.17) is 4.99 Å². The molecule has 0 aliphatic carbocycles. The summed E-state index contributed by atoms with van der Waals surface area (Å²) in [5.74, 6) is -1.80. The highest BCUT2D eigenvalue weighted by Crippen LogP contribution is 2.37. The summed E-state index contributed by atoms with van der Waals surface area (Å²) < 4.78 is 0.437. The molecule has 3 heterocycles. The zero-order valence-corrected chi connectivity index (χ0v) is 44.9. The Labute approximate surface area is 421 Å². The van der Waals surface area contributed by atoms with Crippen molar-refractivity contribution in [2.45, 2.75) is 150 Å². The largest absolute Gasteiger partial charge is 0.507 e. The fraction of sp³-hybridized carbons (Fsp3) is 0.615. The summed E-state index contributed by atoms with van der Waals surface area (Å²) in [7, 11) is 3.15. The van der Waals surface area contributed by atoms with Gasteiger partial charge in [-0.1, -0.05) is 91.8 Å². The molecule has 0 radical (unpaired) electrons. The molecule has 378 valence electrons. The number of Topliss-reactive ketones (excluding diaryl/α,β-unsaturated/α-hetero) is 1. The number of hydrogen-bond donors (Lipinski definition) is 3. The molecule has 9 unspecified atom stereocenters. The number of phenolic OH excluding ortho intramolecular Hbond substituents is 1. The molecule has 3 N–H and O–H groups in total. The number of thioether (sulfide) groups is 1. The maximum absolute atomic E-state index is 15.0. The zero-order chi connectivity index (χ0) is 51.3. The molecule has 15 nitrogen and oxygen atoms in total. The van der Waals surface area contributed by atoms with Crippen molar-refractivity contribution in [3.05, 3.63) is 64.1 Å². The molecule has 3 aliphatic heterocycles. The lowest BCUT2D eigenvalue weighted by atomic mass is 9.95. The van der Waals surface area contributed by atoms with Gasteiger partial charge in [0.25, 0.3) is 0 Å². The summed E-state index contributed by atoms with van der Waals surface area (Å²) in [5, 5.41) is 16.7. The van der Waals surface area contributed by atoms with Gasteiger partial charge in [0.2, 0.25) is 35.4 Å². The van der Waals surface area contributed by atoms with Crippen molar-refractivity contribution in [2.75, 3.05) is 32.9 Å². The molecular formula is C52H74BrN7O8S. The van der Waals surface area contributed by atoms with Gasteiger partial charge in [0.05, 0.1) is 21.6 Å². The van der Waals surface area contributed by atoms with Gasteiger partial charge in [0, 0.05) is 57.6 Å². The summed E-state index contributed by atoms with van der Waals surface area (Å²) in [6, 6.07) is 9.48. The van der Waals surface area contributed by atoms with Crippen LogP contribution in [0.15, 0.2) is 58.0 Å². The van der Waals surface area contributed by atoms with E-state index in [0.717, 1.165) is 5.56 Å². The van der Waals surface area contributed by atoms with E-state index < -0.39 is 64.9 Å². The number of rotatable bonds is 18. The number of benzene rings is 2. The molecule has 6 amide bonds. The minimum absolute atomic E-state index is 0.00929. The Morgan fingerprint density at radius 3 is 2.03 bits per heavy atom. The molecule has 2 aromatic carbocycles. The third kappa shape index (κ3) is 13.4. The Morgan fingerprint density at radius 1 is 0.855 bits per heavy atom. The van der Waals surface area contributed by atoms with E-state index in [1.54, 1.807) is 77.6 Å². The highest BCUT2D eigenvalue weighted by molar-refractivity contribution is 9.10. The Kier molecular flexibility index (Phi) is 18.4. The normalized spacial score (nSPS) is 23.2. The number of likely N-dealkylation sites (N-methyl/N-ethyl adjacent to an activating group) is 2. The molecule has 0 spiro atoms. The topological polar surface area (TPSA) is 189 Å². The number of nitrogens with zero attached hydrogens (tertiary/aromatic N) is 5. The highest BCUT2D eigenvalue weighted by Gasteiger charge is 2.48. The second kappa shape index (κ2) is 23.0. The molecule has 0 aromatic heterocycles. The summed E-state index contributed by atoms with van der Waals surface area (Å²) in [4.78, 5) is 110. The number of ketones is 1. The first-order chi connectivity index (χ1) is 32.3. The SMILES string of the molecule is CCC(=O)C1CC(C)CN1C(=O)C(Cc1ccccc1)N(C)C(=O)C(CC(C)C)NC(=O)C1(C)CSC(C2CC(C)CN2C(=O)C(Cc2ccc(O)c(Br)c2)N(C)C(=O)C(C)NC(=O)C(C)(C)C)=N1. The molecule has 2 aromatic rings. The third-order valence-corrected chi connectivity index (χ3v) is 15.6. The second-order valence-electron chi connectivity index (χ2n) is 21.2. The Hall–Kier alpha value is -4.77. The van der Waals surface area contributed by atoms with Gasteiger partial charge in [0.15, 0.2) is 5.78 Å². The number of likely N-dealkylation sites (tertiary alicyclic amines) is 2. The average Bonchev–Trinajstić information content (AvgIpc) is 4.02. The predicted molar refractivity (Wildman–Crippen MR) is 273 cm³/mol. The molecule has 0 bridgehead atoms. The quantitative estimate of drug-likeness (QED) is 0.160. The minimum atomic E-state index is -1.31. The number of hydrogen-bond acceptors (Lipinski definition) is 10. The molecular weight excluding hydrogens is 963 g/mol. The van der Waals surface area contributed by atoms with Crippen molar-refractivity contribution in [2.24, 2.45) is 28.2 Å². The number of phenols is 1. The molecule has 0 saturated carbocycles. The van der Waals surface area contributed by atoms with Crippen molar-refractivity contribution in [1.29, 1.82) is 0 Å². The summed E-state index contributed by atoms with van der Waals surface area (Å²) in [6.07, 6.45) is 2.07. The maximum atomic E-state index is 15.0. The lowest BCUT2D eigenvalue weighted by Crippen LogP contribution is -2.58. The fourth-order valence-electron chi connectivity index (χ4n) is 9.40. The standard InChI is InChI=1S/C52H74BrN7O8S/c1-13-42(61)38-22-31(4)27-59(38)47(65)40(25-34-17-15-14-16-18-34)58(12)46(64)37(21-30(2)3)55-50(68)52(10)29-69-44(56-52)39-23-32(5)28-60(39)48(66)41(26-35-19-20-43(62)36(53)24-35)57(11)45(63)33(6)54-49(67)51(7,8)9/h14-20,24,30-33,37-41,62H,13,21-23,25-29H2,1-12H3,(H,54,67)(H,55,68). The fourth-order valence-corrected chi connectivity index (χ4v) is 11.1. The Bertz CT molecular complexity index is 2270. The van der Waals surface area contributed by atoms with Gasteiger partial charge in [-0.15, -0.1) is 11.8 Å². The van der Waals surface area contributed by atoms with E-state index in [9.17, 15) is 38.7 Å². The number of amides is 6. The molecule has 17 heteroatoms. The molecule has 5 rings (SSSR count). The molecule has 2 saturated heterocycles. The summed E-state index contributed by atoms with van der Waals surface area (Å²) in [6.45, 7) is 19.2. The highest BCUT2D eigenvalue weighted by atomic mass is 79.9. The Balaban J connectivity index is 1.40. The van der Waals surface area contributed by atoms with Crippen molar-refractivity contribution < 1.29 is 38.7 Å². The first-order valence-corrected chi connectivity index (χ1v) is 26.1. The molecule has 69 heavy (non-hydrogen) atoms. The third-order valence-electron chi connectivity index (χ3n) is 13.6. The number of aromatic hydroxyl groups is 1. The zero-order valence-electron chi connectivity index (χ0n) is 42.5. The van der Waals surface area contributed by atoms with E-state index in [0.29, 0.717) is 53.9 Å². The lowest BCUT2D eigenvalue weighted by molar-refractivity contribution is -0.148. The number of nitrogens with one attached hydrogen (secondary N) is 2.